The largest absolute Gasteiger partial charge is 0.354 e. The Hall–Kier alpha value is -5.06. The molecule has 294 valence electrons. The number of nitrogens with one attached hydrogen (secondary N) is 2. The first-order valence-corrected chi connectivity index (χ1v) is 22.4. The summed E-state index contributed by atoms with van der Waals surface area (Å²) in [4.78, 5) is 10.8. The summed E-state index contributed by atoms with van der Waals surface area (Å²) in [5, 5.41) is 7.91. The molecule has 10 rings (SSSR count). The number of nitrogens with zero attached hydrogens (tertiary/aromatic N) is 2. The molecule has 4 heteroatoms. The highest BCUT2D eigenvalue weighted by Crippen LogP contribution is 2.45. The van der Waals surface area contributed by atoms with Crippen LogP contribution in [0.15, 0.2) is 177 Å². The minimum atomic E-state index is -0.0723. The predicted molar refractivity (Wildman–Crippen MR) is 243 cm³/mol. The van der Waals surface area contributed by atoms with Crippen molar-refractivity contribution >= 4 is 17.1 Å². The second kappa shape index (κ2) is 17.0. The van der Waals surface area contributed by atoms with Gasteiger partial charge in [0.1, 0.15) is 12.0 Å². The zero-order valence-electron chi connectivity index (χ0n) is 34.0. The van der Waals surface area contributed by atoms with Gasteiger partial charge in [-0.25, -0.2) is 4.99 Å². The van der Waals surface area contributed by atoms with Gasteiger partial charge < -0.3 is 5.32 Å². The normalized spacial score (nSPS) is 29.6. The molecule has 2 aromatic rings. The van der Waals surface area contributed by atoms with E-state index >= 15 is 0 Å². The molecule has 0 amide bonds. The van der Waals surface area contributed by atoms with E-state index in [9.17, 15) is 0 Å². The molecule has 4 nitrogen and oxygen atoms in total. The van der Waals surface area contributed by atoms with Gasteiger partial charge in [0, 0.05) is 29.7 Å². The van der Waals surface area contributed by atoms with Gasteiger partial charge in [-0.3, -0.25) is 10.3 Å². The maximum Gasteiger partial charge on any atom is 0.131 e. The Morgan fingerprint density at radius 2 is 1.50 bits per heavy atom. The lowest BCUT2D eigenvalue weighted by atomic mass is 9.69. The van der Waals surface area contributed by atoms with E-state index in [-0.39, 0.29) is 12.3 Å². The highest BCUT2D eigenvalue weighted by Gasteiger charge is 2.37. The van der Waals surface area contributed by atoms with Crippen LogP contribution in [0, 0.1) is 23.7 Å². The molecule has 58 heavy (non-hydrogen) atoms. The van der Waals surface area contributed by atoms with Gasteiger partial charge in [-0.1, -0.05) is 145 Å². The van der Waals surface area contributed by atoms with Crippen molar-refractivity contribution in [2.45, 2.75) is 95.8 Å². The summed E-state index contributed by atoms with van der Waals surface area (Å²) < 4.78 is 0. The van der Waals surface area contributed by atoms with Gasteiger partial charge in [-0.15, -0.1) is 0 Å². The molecule has 0 saturated heterocycles. The van der Waals surface area contributed by atoms with Crippen molar-refractivity contribution in [2.75, 3.05) is 6.54 Å². The molecule has 6 aliphatic carbocycles. The quantitative estimate of drug-likeness (QED) is 0.263. The van der Waals surface area contributed by atoms with E-state index in [1.807, 2.05) is 0 Å². The van der Waals surface area contributed by atoms with Gasteiger partial charge >= 0.3 is 0 Å². The molecule has 0 bridgehead atoms. The van der Waals surface area contributed by atoms with Crippen molar-refractivity contribution in [3.63, 3.8) is 0 Å². The monoisotopic (exact) mass is 762 g/mol. The van der Waals surface area contributed by atoms with Gasteiger partial charge in [0.15, 0.2) is 0 Å². The fraction of sp³-hybridized carbons (Fsp3) is 0.370. The molecule has 0 fully saturated rings. The average molecular weight is 763 g/mol. The predicted octanol–water partition coefficient (Wildman–Crippen LogP) is 12.0. The lowest BCUT2D eigenvalue weighted by molar-refractivity contribution is 0.336. The van der Waals surface area contributed by atoms with Crippen LogP contribution >= 0.6 is 0 Å². The standard InChI is InChI=1S/C54H58N4/c1-4-13-37(14-5-1)39-23-29-44(30-24-39)52-56-53(45-31-25-40(26-32-45)38-15-6-2-7-16-38)58-54(57-52)46-33-27-42(28-34-46)49-35-51(43-18-8-3-9-19-43)55-36-50(49)48-22-12-20-41-17-10-11-21-47(41)48/h1,3-4,6,8-9,11,15-16,18-21,23-27,29,31-33,37,44,49-50,52,54,57H,2,5,7,10,12-14,17,22,28,30,34-36H2,(H,56,58). The number of amidine groups is 1. The van der Waals surface area contributed by atoms with Gasteiger partial charge in [0.25, 0.3) is 0 Å². The van der Waals surface area contributed by atoms with Crippen LogP contribution in [-0.2, 0) is 0 Å². The van der Waals surface area contributed by atoms with Crippen LogP contribution in [0.4, 0.5) is 0 Å². The Labute approximate surface area is 346 Å². The number of fused-ring (bicyclic) bond motifs is 1. The van der Waals surface area contributed by atoms with Gasteiger partial charge in [-0.2, -0.15) is 0 Å². The number of rotatable bonds is 8. The molecule has 8 aliphatic rings. The van der Waals surface area contributed by atoms with Crippen LogP contribution in [0.1, 0.15) is 100 Å². The SMILES string of the molecule is C1=CC(c2ccc(C3=NC(C4=CC=C(C5CC(c6ccccc6)=NCC5C5=C6C=CCCC6=CCC5)CC4)NC(C4C=CC(C5CC=CCC5)=CC4)N3)cc2)=CCC1. The third kappa shape index (κ3) is 7.88. The summed E-state index contributed by atoms with van der Waals surface area (Å²) in [6.07, 6.45) is 46.0. The van der Waals surface area contributed by atoms with E-state index in [1.54, 1.807) is 16.7 Å². The Morgan fingerprint density at radius 1 is 0.638 bits per heavy atom. The van der Waals surface area contributed by atoms with E-state index in [0.29, 0.717) is 23.7 Å². The topological polar surface area (TPSA) is 48.8 Å². The smallest absolute Gasteiger partial charge is 0.131 e. The highest BCUT2D eigenvalue weighted by molar-refractivity contribution is 6.01. The first-order valence-electron chi connectivity index (χ1n) is 22.4. The van der Waals surface area contributed by atoms with Crippen molar-refractivity contribution < 1.29 is 0 Å². The average Bonchev–Trinajstić information content (AvgIpc) is 3.32. The number of hydrogen-bond acceptors (Lipinski definition) is 4. The minimum absolute atomic E-state index is 0.0723. The second-order valence-electron chi connectivity index (χ2n) is 17.5. The minimum Gasteiger partial charge on any atom is -0.354 e. The van der Waals surface area contributed by atoms with E-state index in [1.165, 1.54) is 64.8 Å². The maximum atomic E-state index is 5.45. The third-order valence-corrected chi connectivity index (χ3v) is 14.0. The van der Waals surface area contributed by atoms with E-state index in [0.717, 1.165) is 75.7 Å². The molecular weight excluding hydrogens is 705 g/mol. The van der Waals surface area contributed by atoms with Crippen molar-refractivity contribution in [1.82, 2.24) is 10.6 Å². The van der Waals surface area contributed by atoms with Crippen molar-refractivity contribution in [2.24, 2.45) is 33.7 Å². The van der Waals surface area contributed by atoms with E-state index < -0.39 is 0 Å². The summed E-state index contributed by atoms with van der Waals surface area (Å²) in [6, 6.07) is 20.0. The zero-order chi connectivity index (χ0) is 38.7. The maximum absolute atomic E-state index is 5.45. The van der Waals surface area contributed by atoms with Gasteiger partial charge in [0.2, 0.25) is 0 Å². The Balaban J connectivity index is 0.948. The number of aliphatic imine (C=N–C) groups is 2. The molecule has 2 aliphatic heterocycles. The number of allylic oxidation sites excluding steroid dienone is 17. The number of benzene rings is 2. The zero-order valence-corrected chi connectivity index (χ0v) is 34.0. The Morgan fingerprint density at radius 3 is 2.29 bits per heavy atom. The molecule has 6 atom stereocenters. The summed E-state index contributed by atoms with van der Waals surface area (Å²) in [5.41, 5.74) is 15.5. The summed E-state index contributed by atoms with van der Waals surface area (Å²) in [5.74, 6) is 2.91. The van der Waals surface area contributed by atoms with Gasteiger partial charge in [0.05, 0.1) is 6.17 Å². The Bertz CT molecular complexity index is 2260. The summed E-state index contributed by atoms with van der Waals surface area (Å²) in [7, 11) is 0. The molecule has 0 spiro atoms. The summed E-state index contributed by atoms with van der Waals surface area (Å²) >= 11 is 0. The van der Waals surface area contributed by atoms with Gasteiger partial charge in [-0.05, 0) is 134 Å². The Kier molecular flexibility index (Phi) is 10.9. The van der Waals surface area contributed by atoms with E-state index in [2.05, 4.69) is 144 Å². The van der Waals surface area contributed by atoms with Crippen molar-refractivity contribution in [1.29, 1.82) is 0 Å². The van der Waals surface area contributed by atoms with Crippen LogP contribution in [-0.4, -0.2) is 30.4 Å². The fourth-order valence-corrected chi connectivity index (χ4v) is 10.8. The van der Waals surface area contributed by atoms with Crippen molar-refractivity contribution in [3.05, 3.63) is 184 Å². The molecule has 6 unspecified atom stereocenters. The van der Waals surface area contributed by atoms with Crippen LogP contribution in [0.25, 0.3) is 5.57 Å². The summed E-state index contributed by atoms with van der Waals surface area (Å²) in [6.45, 7) is 0.878. The lowest BCUT2D eigenvalue weighted by Crippen LogP contribution is -2.58. The van der Waals surface area contributed by atoms with Crippen LogP contribution in [0.5, 0.6) is 0 Å². The molecule has 0 aromatic heterocycles. The molecule has 0 radical (unpaired) electrons. The van der Waals surface area contributed by atoms with Crippen LogP contribution in [0.2, 0.25) is 0 Å². The second-order valence-corrected chi connectivity index (χ2v) is 17.5. The molecule has 2 heterocycles. The van der Waals surface area contributed by atoms with E-state index in [4.69, 9.17) is 9.98 Å². The van der Waals surface area contributed by atoms with Crippen molar-refractivity contribution in [3.8, 4) is 0 Å². The highest BCUT2D eigenvalue weighted by atomic mass is 15.3. The van der Waals surface area contributed by atoms with Crippen LogP contribution < -0.4 is 10.6 Å². The lowest BCUT2D eigenvalue weighted by Gasteiger charge is -2.39. The molecule has 0 saturated carbocycles. The van der Waals surface area contributed by atoms with Crippen LogP contribution in [0.3, 0.4) is 0 Å². The molecule has 2 N–H and O–H groups in total. The molecular formula is C54H58N4. The first-order chi connectivity index (χ1) is 28.7. The number of hydrogen-bond donors (Lipinski definition) is 2. The first kappa shape index (κ1) is 37.2. The third-order valence-electron chi connectivity index (χ3n) is 14.0. The fourth-order valence-electron chi connectivity index (χ4n) is 10.8. The molecule has 2 aromatic carbocycles.